The topological polar surface area (TPSA) is 53.4 Å². The molecular weight excluding hydrogens is 224 g/mol. The van der Waals surface area contributed by atoms with Gasteiger partial charge in [-0.1, -0.05) is 6.92 Å². The maximum absolute atomic E-state index is 12.1. The Morgan fingerprint density at radius 1 is 1.62 bits per heavy atom. The Bertz CT molecular complexity index is 397. The van der Waals surface area contributed by atoms with E-state index in [0.29, 0.717) is 10.8 Å². The number of carbonyl (C=O) groups is 1. The lowest BCUT2D eigenvalue weighted by atomic mass is 10.2. The van der Waals surface area contributed by atoms with Gasteiger partial charge in [-0.05, 0) is 6.07 Å². The molecule has 1 N–H and O–H groups in total. The van der Waals surface area contributed by atoms with Crippen molar-refractivity contribution in [3.63, 3.8) is 0 Å². The van der Waals surface area contributed by atoms with Gasteiger partial charge in [-0.3, -0.25) is 9.78 Å². The molecule has 1 unspecified atom stereocenters. The Morgan fingerprint density at radius 3 is 3.12 bits per heavy atom. The van der Waals surface area contributed by atoms with E-state index < -0.39 is 0 Å². The first-order valence-corrected chi connectivity index (χ1v) is 6.26. The van der Waals surface area contributed by atoms with Crippen molar-refractivity contribution in [3.05, 3.63) is 24.0 Å². The van der Waals surface area contributed by atoms with Crippen LogP contribution in [0.2, 0.25) is 0 Å². The lowest BCUT2D eigenvalue weighted by molar-refractivity contribution is 0.0762. The van der Waals surface area contributed by atoms with Crippen LogP contribution in [0.15, 0.2) is 18.5 Å². The number of hydrogen-bond donors (Lipinski definition) is 1. The van der Waals surface area contributed by atoms with Crippen LogP contribution in [-0.4, -0.2) is 45.0 Å². The Labute approximate surface area is 98.7 Å². The van der Waals surface area contributed by atoms with E-state index in [0.717, 1.165) is 18.8 Å². The molecule has 1 saturated heterocycles. The summed E-state index contributed by atoms with van der Waals surface area (Å²) in [6.45, 7) is 3.65. The second-order valence-electron chi connectivity index (χ2n) is 3.86. The number of thioether (sulfide) groups is 1. The minimum atomic E-state index is -0.0458. The third-order valence-corrected chi connectivity index (χ3v) is 3.64. The van der Waals surface area contributed by atoms with Crippen LogP contribution < -0.4 is 0 Å². The van der Waals surface area contributed by atoms with Crippen molar-refractivity contribution in [2.24, 2.45) is 0 Å². The van der Waals surface area contributed by atoms with Crippen molar-refractivity contribution in [1.82, 2.24) is 9.88 Å². The standard InChI is InChI=1S/C11H14N2O2S/c1-8-7-13(2-3-16-8)11(15)9-4-10(14)6-12-5-9/h4-6,8,14H,2-3,7H2,1H3. The lowest BCUT2D eigenvalue weighted by Gasteiger charge is -2.30. The van der Waals surface area contributed by atoms with Crippen LogP contribution in [0.3, 0.4) is 0 Å². The zero-order valence-electron chi connectivity index (χ0n) is 9.09. The van der Waals surface area contributed by atoms with E-state index in [9.17, 15) is 9.90 Å². The van der Waals surface area contributed by atoms with Crippen molar-refractivity contribution in [2.75, 3.05) is 18.8 Å². The average Bonchev–Trinajstić information content (AvgIpc) is 2.28. The maximum Gasteiger partial charge on any atom is 0.255 e. The second kappa shape index (κ2) is 4.74. The van der Waals surface area contributed by atoms with Gasteiger partial charge in [0.1, 0.15) is 5.75 Å². The molecule has 4 nitrogen and oxygen atoms in total. The van der Waals surface area contributed by atoms with Gasteiger partial charge in [-0.25, -0.2) is 0 Å². The molecule has 1 fully saturated rings. The number of amides is 1. The van der Waals surface area contributed by atoms with Gasteiger partial charge in [0, 0.05) is 30.3 Å². The van der Waals surface area contributed by atoms with E-state index >= 15 is 0 Å². The first-order valence-electron chi connectivity index (χ1n) is 5.21. The minimum absolute atomic E-state index is 0.0327. The molecule has 1 aromatic rings. The van der Waals surface area contributed by atoms with E-state index in [1.54, 1.807) is 0 Å². The van der Waals surface area contributed by atoms with Gasteiger partial charge in [0.05, 0.1) is 11.8 Å². The summed E-state index contributed by atoms with van der Waals surface area (Å²) in [6.07, 6.45) is 2.82. The highest BCUT2D eigenvalue weighted by Crippen LogP contribution is 2.20. The first kappa shape index (κ1) is 11.3. The van der Waals surface area contributed by atoms with Crippen LogP contribution >= 0.6 is 11.8 Å². The summed E-state index contributed by atoms with van der Waals surface area (Å²) in [4.78, 5) is 17.7. The zero-order chi connectivity index (χ0) is 11.5. The molecule has 2 heterocycles. The highest BCUT2D eigenvalue weighted by Gasteiger charge is 2.22. The van der Waals surface area contributed by atoms with E-state index in [1.165, 1.54) is 18.5 Å². The van der Waals surface area contributed by atoms with Crippen molar-refractivity contribution in [2.45, 2.75) is 12.2 Å². The van der Waals surface area contributed by atoms with Crippen molar-refractivity contribution in [1.29, 1.82) is 0 Å². The van der Waals surface area contributed by atoms with Gasteiger partial charge >= 0.3 is 0 Å². The fraction of sp³-hybridized carbons (Fsp3) is 0.455. The van der Waals surface area contributed by atoms with Crippen LogP contribution in [-0.2, 0) is 0 Å². The van der Waals surface area contributed by atoms with Gasteiger partial charge in [0.25, 0.3) is 5.91 Å². The molecule has 1 aromatic heterocycles. The molecule has 86 valence electrons. The molecule has 0 saturated carbocycles. The third-order valence-electron chi connectivity index (χ3n) is 2.50. The minimum Gasteiger partial charge on any atom is -0.506 e. The second-order valence-corrected chi connectivity index (χ2v) is 5.41. The zero-order valence-corrected chi connectivity index (χ0v) is 9.91. The van der Waals surface area contributed by atoms with Gasteiger partial charge in [0.2, 0.25) is 0 Å². The predicted octanol–water partition coefficient (Wildman–Crippen LogP) is 1.36. The van der Waals surface area contributed by atoms with E-state index in [4.69, 9.17) is 0 Å². The summed E-state index contributed by atoms with van der Waals surface area (Å²) in [7, 11) is 0. The Kier molecular flexibility index (Phi) is 3.33. The third kappa shape index (κ3) is 2.47. The first-order chi connectivity index (χ1) is 7.66. The normalized spacial score (nSPS) is 20.8. The SMILES string of the molecule is CC1CN(C(=O)c2cncc(O)c2)CCS1. The van der Waals surface area contributed by atoms with E-state index in [-0.39, 0.29) is 11.7 Å². The van der Waals surface area contributed by atoms with E-state index in [2.05, 4.69) is 11.9 Å². The molecule has 0 radical (unpaired) electrons. The maximum atomic E-state index is 12.1. The fourth-order valence-electron chi connectivity index (χ4n) is 1.73. The van der Waals surface area contributed by atoms with Crippen LogP contribution in [0, 0.1) is 0 Å². The summed E-state index contributed by atoms with van der Waals surface area (Å²) < 4.78 is 0. The highest BCUT2D eigenvalue weighted by atomic mass is 32.2. The molecule has 0 aliphatic carbocycles. The number of nitrogens with zero attached hydrogens (tertiary/aromatic N) is 2. The molecule has 0 spiro atoms. The summed E-state index contributed by atoms with van der Waals surface area (Å²) >= 11 is 1.88. The summed E-state index contributed by atoms with van der Waals surface area (Å²) in [5.74, 6) is 0.958. The van der Waals surface area contributed by atoms with Crippen LogP contribution in [0.4, 0.5) is 0 Å². The van der Waals surface area contributed by atoms with Gasteiger partial charge < -0.3 is 10.0 Å². The molecule has 1 amide bonds. The number of rotatable bonds is 1. The fourth-order valence-corrected chi connectivity index (χ4v) is 2.74. The summed E-state index contributed by atoms with van der Waals surface area (Å²) in [6, 6.07) is 1.46. The molecule has 1 aliphatic heterocycles. The number of hydrogen-bond acceptors (Lipinski definition) is 4. The molecule has 0 aromatic carbocycles. The highest BCUT2D eigenvalue weighted by molar-refractivity contribution is 7.99. The lowest BCUT2D eigenvalue weighted by Crippen LogP contribution is -2.41. The molecular formula is C11H14N2O2S. The summed E-state index contributed by atoms with van der Waals surface area (Å²) in [5, 5.41) is 9.75. The van der Waals surface area contributed by atoms with Crippen LogP contribution in [0.1, 0.15) is 17.3 Å². The molecule has 1 atom stereocenters. The summed E-state index contributed by atoms with van der Waals surface area (Å²) in [5.41, 5.74) is 0.458. The molecule has 0 bridgehead atoms. The number of aromatic hydroxyl groups is 1. The smallest absolute Gasteiger partial charge is 0.255 e. The van der Waals surface area contributed by atoms with Crippen molar-refractivity contribution in [3.8, 4) is 5.75 Å². The molecule has 16 heavy (non-hydrogen) atoms. The van der Waals surface area contributed by atoms with Crippen LogP contribution in [0.5, 0.6) is 5.75 Å². The van der Waals surface area contributed by atoms with Crippen molar-refractivity contribution >= 4 is 17.7 Å². The number of pyridine rings is 1. The quantitative estimate of drug-likeness (QED) is 0.802. The monoisotopic (exact) mass is 238 g/mol. The van der Waals surface area contributed by atoms with Crippen molar-refractivity contribution < 1.29 is 9.90 Å². The Hall–Kier alpha value is -1.23. The Balaban J connectivity index is 2.12. The number of carbonyl (C=O) groups excluding carboxylic acids is 1. The van der Waals surface area contributed by atoms with Crippen LogP contribution in [0.25, 0.3) is 0 Å². The number of aromatic nitrogens is 1. The Morgan fingerprint density at radius 2 is 2.44 bits per heavy atom. The van der Waals surface area contributed by atoms with Gasteiger partial charge in [-0.2, -0.15) is 11.8 Å². The average molecular weight is 238 g/mol. The van der Waals surface area contributed by atoms with E-state index in [1.807, 2.05) is 16.7 Å². The largest absolute Gasteiger partial charge is 0.506 e. The van der Waals surface area contributed by atoms with Gasteiger partial charge in [-0.15, -0.1) is 0 Å². The molecule has 2 rings (SSSR count). The van der Waals surface area contributed by atoms with Gasteiger partial charge in [0.15, 0.2) is 0 Å². The predicted molar refractivity (Wildman–Crippen MR) is 63.7 cm³/mol. The molecule has 1 aliphatic rings. The molecule has 5 heteroatoms.